The van der Waals surface area contributed by atoms with Gasteiger partial charge in [-0.2, -0.15) is 0 Å². The van der Waals surface area contributed by atoms with Crippen LogP contribution in [0.1, 0.15) is 16.7 Å². The number of rotatable bonds is 3. The number of aromatic amines is 1. The summed E-state index contributed by atoms with van der Waals surface area (Å²) < 4.78 is 1.40. The number of urea groups is 1. The molecule has 1 fully saturated rings. The van der Waals surface area contributed by atoms with Gasteiger partial charge in [0, 0.05) is 25.6 Å². The maximum absolute atomic E-state index is 12.6. The van der Waals surface area contributed by atoms with Gasteiger partial charge in [-0.25, -0.2) is 9.59 Å². The first-order valence-corrected chi connectivity index (χ1v) is 9.97. The second-order valence-corrected chi connectivity index (χ2v) is 8.27. The van der Waals surface area contributed by atoms with Gasteiger partial charge in [0.2, 0.25) is 5.91 Å². The highest BCUT2D eigenvalue weighted by Gasteiger charge is 2.54. The number of imide groups is 1. The third-order valence-corrected chi connectivity index (χ3v) is 6.28. The summed E-state index contributed by atoms with van der Waals surface area (Å²) in [6.07, 6.45) is 0.830. The molecule has 1 atom stereocenters. The Hall–Kier alpha value is -3.88. The van der Waals surface area contributed by atoms with E-state index in [-0.39, 0.29) is 24.0 Å². The summed E-state index contributed by atoms with van der Waals surface area (Å²) in [4.78, 5) is 53.5. The van der Waals surface area contributed by atoms with E-state index < -0.39 is 11.6 Å². The lowest BCUT2D eigenvalue weighted by molar-refractivity contribution is -0.125. The van der Waals surface area contributed by atoms with Crippen molar-refractivity contribution in [3.8, 4) is 0 Å². The highest BCUT2D eigenvalue weighted by atomic mass is 16.2. The molecule has 1 aliphatic heterocycles. The highest BCUT2D eigenvalue weighted by Crippen LogP contribution is 2.38. The van der Waals surface area contributed by atoms with Crippen molar-refractivity contribution in [3.63, 3.8) is 0 Å². The average Bonchev–Trinajstić information content (AvgIpc) is 3.31. The van der Waals surface area contributed by atoms with Crippen molar-refractivity contribution >= 4 is 34.6 Å². The monoisotopic (exact) mass is 419 g/mol. The van der Waals surface area contributed by atoms with Crippen molar-refractivity contribution in [2.45, 2.75) is 31.8 Å². The van der Waals surface area contributed by atoms with E-state index >= 15 is 0 Å². The summed E-state index contributed by atoms with van der Waals surface area (Å²) >= 11 is 0. The maximum Gasteiger partial charge on any atom is 0.326 e. The van der Waals surface area contributed by atoms with Crippen molar-refractivity contribution < 1.29 is 14.4 Å². The molecule has 9 heteroatoms. The fraction of sp³-hybridized carbons (Fsp3) is 0.273. The van der Waals surface area contributed by atoms with Crippen molar-refractivity contribution in [3.05, 3.63) is 63.6 Å². The molecule has 4 amide bonds. The molecule has 0 bridgehead atoms. The molecule has 3 aromatic rings. The van der Waals surface area contributed by atoms with E-state index in [2.05, 4.69) is 15.6 Å². The Kier molecular flexibility index (Phi) is 4.04. The van der Waals surface area contributed by atoms with Crippen LogP contribution in [0.25, 0.3) is 11.0 Å². The van der Waals surface area contributed by atoms with Gasteiger partial charge in [-0.3, -0.25) is 19.5 Å². The minimum Gasteiger partial charge on any atom is -0.325 e. The van der Waals surface area contributed by atoms with E-state index in [1.54, 1.807) is 13.1 Å². The number of aryl methyl sites for hydroxylation is 1. The predicted octanol–water partition coefficient (Wildman–Crippen LogP) is 1.30. The van der Waals surface area contributed by atoms with Crippen LogP contribution in [0.2, 0.25) is 0 Å². The molecular formula is C22H21N5O4. The van der Waals surface area contributed by atoms with Crippen LogP contribution < -0.4 is 16.3 Å². The van der Waals surface area contributed by atoms with Crippen LogP contribution in [0.4, 0.5) is 10.5 Å². The first-order chi connectivity index (χ1) is 14.8. The summed E-state index contributed by atoms with van der Waals surface area (Å²) in [6, 6.07) is 10.6. The lowest BCUT2D eigenvalue weighted by Gasteiger charge is -2.27. The van der Waals surface area contributed by atoms with Crippen molar-refractivity contribution in [2.24, 2.45) is 0 Å². The first kappa shape index (κ1) is 19.1. The molecule has 158 valence electrons. The summed E-state index contributed by atoms with van der Waals surface area (Å²) in [5.74, 6) is -0.627. The largest absolute Gasteiger partial charge is 0.326 e. The van der Waals surface area contributed by atoms with Crippen LogP contribution in [0, 0.1) is 6.92 Å². The maximum atomic E-state index is 12.6. The molecule has 1 spiro atoms. The zero-order valence-electron chi connectivity index (χ0n) is 17.1. The average molecular weight is 419 g/mol. The highest BCUT2D eigenvalue weighted by molar-refractivity contribution is 6.07. The number of amides is 4. The van der Waals surface area contributed by atoms with Crippen molar-refractivity contribution in [1.82, 2.24) is 19.8 Å². The molecule has 3 N–H and O–H groups in total. The fourth-order valence-corrected chi connectivity index (χ4v) is 4.55. The number of hydrogen-bond donors (Lipinski definition) is 3. The van der Waals surface area contributed by atoms with Crippen LogP contribution in [-0.2, 0) is 29.0 Å². The predicted molar refractivity (Wildman–Crippen MR) is 114 cm³/mol. The second kappa shape index (κ2) is 6.56. The number of benzene rings is 2. The molecule has 1 aliphatic carbocycles. The first-order valence-electron chi connectivity index (χ1n) is 9.97. The zero-order valence-corrected chi connectivity index (χ0v) is 17.1. The van der Waals surface area contributed by atoms with E-state index in [0.717, 1.165) is 16.7 Å². The van der Waals surface area contributed by atoms with E-state index in [1.165, 1.54) is 9.47 Å². The number of nitrogens with one attached hydrogen (secondary N) is 3. The number of aromatic nitrogens is 2. The number of carbonyl (C=O) groups is 3. The molecule has 0 saturated carbocycles. The van der Waals surface area contributed by atoms with Crippen LogP contribution in [0.15, 0.2) is 41.2 Å². The van der Waals surface area contributed by atoms with E-state index in [0.29, 0.717) is 29.6 Å². The quantitative estimate of drug-likeness (QED) is 0.555. The number of carbonyl (C=O) groups excluding carboxylic acids is 3. The lowest BCUT2D eigenvalue weighted by Crippen LogP contribution is -2.48. The molecule has 1 saturated heterocycles. The SMILES string of the molecule is Cc1ccc2c(c1)[nH]c(=O)n2CC(=O)Nc1ccc2c(c1)C[C@]1(C2)C(=O)NC(=O)N1C. The second-order valence-electron chi connectivity index (χ2n) is 8.27. The van der Waals surface area contributed by atoms with Gasteiger partial charge in [-0.1, -0.05) is 12.1 Å². The van der Waals surface area contributed by atoms with Gasteiger partial charge in [0.1, 0.15) is 12.1 Å². The lowest BCUT2D eigenvalue weighted by atomic mass is 9.95. The van der Waals surface area contributed by atoms with Gasteiger partial charge >= 0.3 is 11.7 Å². The molecule has 5 rings (SSSR count). The standard InChI is InChI=1S/C22H21N5O4/c1-12-3-6-17-16(7-12)24-21(31)27(17)11-18(28)23-15-5-4-13-9-22(10-14(13)8-15)19(29)25-20(30)26(22)2/h3-8H,9-11H2,1-2H3,(H,23,28)(H,24,31)(H,25,29,30)/t22-/m1/s1. The van der Waals surface area contributed by atoms with Gasteiger partial charge in [0.25, 0.3) is 5.91 Å². The third kappa shape index (κ3) is 2.92. The molecule has 31 heavy (non-hydrogen) atoms. The van der Waals surface area contributed by atoms with Crippen molar-refractivity contribution in [1.29, 1.82) is 0 Å². The molecule has 2 heterocycles. The van der Waals surface area contributed by atoms with Crippen LogP contribution in [0.3, 0.4) is 0 Å². The zero-order chi connectivity index (χ0) is 21.9. The number of hydrogen-bond acceptors (Lipinski definition) is 4. The summed E-state index contributed by atoms with van der Waals surface area (Å²) in [6.45, 7) is 1.81. The number of fused-ring (bicyclic) bond motifs is 2. The van der Waals surface area contributed by atoms with Crippen LogP contribution in [-0.4, -0.2) is 44.9 Å². The van der Waals surface area contributed by atoms with Crippen LogP contribution >= 0.6 is 0 Å². The summed E-state index contributed by atoms with van der Waals surface area (Å²) in [5.41, 5.74) is 3.59. The molecule has 1 aromatic heterocycles. The Balaban J connectivity index is 1.35. The van der Waals surface area contributed by atoms with Gasteiger partial charge in [-0.15, -0.1) is 0 Å². The summed E-state index contributed by atoms with van der Waals surface area (Å²) in [5, 5.41) is 5.20. The van der Waals surface area contributed by atoms with Crippen molar-refractivity contribution in [2.75, 3.05) is 12.4 Å². The Morgan fingerprint density at radius 1 is 1.10 bits per heavy atom. The van der Waals surface area contributed by atoms with Crippen LogP contribution in [0.5, 0.6) is 0 Å². The minimum atomic E-state index is -0.905. The molecule has 0 radical (unpaired) electrons. The number of H-pyrrole nitrogens is 1. The number of anilines is 1. The Labute approximate surface area is 177 Å². The summed E-state index contributed by atoms with van der Waals surface area (Å²) in [7, 11) is 1.62. The van der Waals surface area contributed by atoms with Gasteiger partial charge in [0.15, 0.2) is 0 Å². The van der Waals surface area contributed by atoms with Gasteiger partial charge in [-0.05, 0) is 47.9 Å². The number of imidazole rings is 1. The molecule has 0 unspecified atom stereocenters. The van der Waals surface area contributed by atoms with E-state index in [1.807, 2.05) is 37.3 Å². The van der Waals surface area contributed by atoms with Gasteiger partial charge in [0.05, 0.1) is 11.0 Å². The smallest absolute Gasteiger partial charge is 0.325 e. The molecule has 9 nitrogen and oxygen atoms in total. The van der Waals surface area contributed by atoms with E-state index in [4.69, 9.17) is 0 Å². The Morgan fingerprint density at radius 3 is 2.61 bits per heavy atom. The number of nitrogens with zero attached hydrogens (tertiary/aromatic N) is 2. The molecule has 2 aromatic carbocycles. The Morgan fingerprint density at radius 2 is 1.87 bits per heavy atom. The number of likely N-dealkylation sites (N-methyl/N-ethyl adjacent to an activating group) is 1. The molecular weight excluding hydrogens is 398 g/mol. The minimum absolute atomic E-state index is 0.122. The topological polar surface area (TPSA) is 116 Å². The van der Waals surface area contributed by atoms with E-state index in [9.17, 15) is 19.2 Å². The molecule has 2 aliphatic rings. The van der Waals surface area contributed by atoms with Gasteiger partial charge < -0.3 is 15.2 Å². The normalized spacial score (nSPS) is 19.9. The Bertz CT molecular complexity index is 1340. The third-order valence-electron chi connectivity index (χ3n) is 6.28. The fourth-order valence-electron chi connectivity index (χ4n) is 4.55.